The molecule has 0 spiro atoms. The van der Waals surface area contributed by atoms with Crippen LogP contribution in [0, 0.1) is 17.2 Å². The molecule has 1 aliphatic carbocycles. The summed E-state index contributed by atoms with van der Waals surface area (Å²) in [6.45, 7) is 0.205. The summed E-state index contributed by atoms with van der Waals surface area (Å²) in [5.41, 5.74) is 11.4. The fourth-order valence-corrected chi connectivity index (χ4v) is 2.59. The molecule has 0 heterocycles. The van der Waals surface area contributed by atoms with Crippen LogP contribution in [0.1, 0.15) is 18.4 Å². The summed E-state index contributed by atoms with van der Waals surface area (Å²) in [6, 6.07) is 4.61. The number of hydrogen-bond acceptors (Lipinski definition) is 4. The van der Waals surface area contributed by atoms with Crippen LogP contribution in [0.4, 0.5) is 10.1 Å². The third-order valence-electron chi connectivity index (χ3n) is 3.90. The molecule has 5 heteroatoms. The highest BCUT2D eigenvalue weighted by atomic mass is 19.1. The largest absolute Gasteiger partial charge is 0.469 e. The number of rotatable bonds is 5. The molecule has 1 atom stereocenters. The number of esters is 1. The highest BCUT2D eigenvalue weighted by Crippen LogP contribution is 2.48. The predicted molar refractivity (Wildman–Crippen MR) is 70.7 cm³/mol. The summed E-state index contributed by atoms with van der Waals surface area (Å²) < 4.78 is 18.4. The Balaban J connectivity index is 2.29. The van der Waals surface area contributed by atoms with Crippen molar-refractivity contribution in [1.82, 2.24) is 0 Å². The zero-order chi connectivity index (χ0) is 14.0. The number of nitrogen functional groups attached to an aromatic ring is 1. The van der Waals surface area contributed by atoms with Gasteiger partial charge in [-0.1, -0.05) is 6.07 Å². The van der Waals surface area contributed by atoms with Crippen LogP contribution in [0.15, 0.2) is 18.2 Å². The SMILES string of the molecule is COC(=O)C(CN)(Cc1ccc(N)c(F)c1)C1CC1. The molecule has 1 saturated carbocycles. The Morgan fingerprint density at radius 2 is 2.21 bits per heavy atom. The van der Waals surface area contributed by atoms with Crippen molar-refractivity contribution in [1.29, 1.82) is 0 Å². The van der Waals surface area contributed by atoms with Crippen LogP contribution in [0.5, 0.6) is 0 Å². The summed E-state index contributed by atoms with van der Waals surface area (Å²) >= 11 is 0. The molecule has 104 valence electrons. The molecule has 4 nitrogen and oxygen atoms in total. The van der Waals surface area contributed by atoms with E-state index in [0.717, 1.165) is 18.4 Å². The number of benzene rings is 1. The molecule has 2 rings (SSSR count). The third kappa shape index (κ3) is 2.56. The first-order chi connectivity index (χ1) is 9.03. The Morgan fingerprint density at radius 1 is 1.53 bits per heavy atom. The minimum absolute atomic E-state index is 0.103. The van der Waals surface area contributed by atoms with Crippen molar-refractivity contribution in [3.8, 4) is 0 Å². The molecule has 0 bridgehead atoms. The first kappa shape index (κ1) is 13.8. The van der Waals surface area contributed by atoms with Crippen LogP contribution < -0.4 is 11.5 Å². The van der Waals surface area contributed by atoms with Crippen molar-refractivity contribution < 1.29 is 13.9 Å². The second kappa shape index (κ2) is 5.17. The van der Waals surface area contributed by atoms with Gasteiger partial charge < -0.3 is 16.2 Å². The van der Waals surface area contributed by atoms with Gasteiger partial charge in [0.05, 0.1) is 18.2 Å². The second-order valence-electron chi connectivity index (χ2n) is 5.16. The van der Waals surface area contributed by atoms with E-state index in [1.807, 2.05) is 0 Å². The van der Waals surface area contributed by atoms with Gasteiger partial charge >= 0.3 is 5.97 Å². The van der Waals surface area contributed by atoms with Gasteiger partial charge in [-0.25, -0.2) is 4.39 Å². The highest BCUT2D eigenvalue weighted by Gasteiger charge is 2.50. The molecule has 1 unspecified atom stereocenters. The van der Waals surface area contributed by atoms with Gasteiger partial charge in [-0.2, -0.15) is 0 Å². The van der Waals surface area contributed by atoms with Crippen molar-refractivity contribution >= 4 is 11.7 Å². The maximum absolute atomic E-state index is 13.5. The highest BCUT2D eigenvalue weighted by molar-refractivity contribution is 5.78. The number of hydrogen-bond donors (Lipinski definition) is 2. The minimum atomic E-state index is -0.739. The van der Waals surface area contributed by atoms with Gasteiger partial charge in [0.2, 0.25) is 0 Å². The van der Waals surface area contributed by atoms with Gasteiger partial charge in [-0.3, -0.25) is 4.79 Å². The maximum Gasteiger partial charge on any atom is 0.313 e. The molecule has 19 heavy (non-hydrogen) atoms. The van der Waals surface area contributed by atoms with E-state index >= 15 is 0 Å². The Morgan fingerprint density at radius 3 is 2.68 bits per heavy atom. The van der Waals surface area contributed by atoms with E-state index in [9.17, 15) is 9.18 Å². The molecule has 0 radical (unpaired) electrons. The average Bonchev–Trinajstić information content (AvgIpc) is 3.24. The molecule has 1 fully saturated rings. The predicted octanol–water partition coefficient (Wildman–Crippen LogP) is 1.48. The topological polar surface area (TPSA) is 78.3 Å². The molecule has 0 aromatic heterocycles. The van der Waals surface area contributed by atoms with Crippen LogP contribution >= 0.6 is 0 Å². The molecule has 1 aromatic carbocycles. The van der Waals surface area contributed by atoms with Crippen molar-refractivity contribution in [2.24, 2.45) is 17.1 Å². The summed E-state index contributed by atoms with van der Waals surface area (Å²) in [4.78, 5) is 12.1. The van der Waals surface area contributed by atoms with Crippen LogP contribution in [0.2, 0.25) is 0 Å². The second-order valence-corrected chi connectivity index (χ2v) is 5.16. The first-order valence-corrected chi connectivity index (χ1v) is 6.36. The lowest BCUT2D eigenvalue weighted by atomic mass is 9.77. The van der Waals surface area contributed by atoms with Gasteiger partial charge in [0.15, 0.2) is 0 Å². The van der Waals surface area contributed by atoms with Crippen molar-refractivity contribution in [3.63, 3.8) is 0 Å². The summed E-state index contributed by atoms with van der Waals surface area (Å²) in [6.07, 6.45) is 2.31. The van der Waals surface area contributed by atoms with Crippen LogP contribution in [-0.2, 0) is 16.0 Å². The van der Waals surface area contributed by atoms with Gasteiger partial charge in [0.25, 0.3) is 0 Å². The molecule has 4 N–H and O–H groups in total. The van der Waals surface area contributed by atoms with Crippen molar-refractivity contribution in [2.45, 2.75) is 19.3 Å². The third-order valence-corrected chi connectivity index (χ3v) is 3.90. The van der Waals surface area contributed by atoms with Crippen LogP contribution in [0.3, 0.4) is 0 Å². The Bertz CT molecular complexity index is 488. The van der Waals surface area contributed by atoms with Crippen LogP contribution in [-0.4, -0.2) is 19.6 Å². The van der Waals surface area contributed by atoms with Crippen LogP contribution in [0.25, 0.3) is 0 Å². The summed E-state index contributed by atoms with van der Waals surface area (Å²) in [5, 5.41) is 0. The quantitative estimate of drug-likeness (QED) is 0.625. The van der Waals surface area contributed by atoms with E-state index < -0.39 is 11.2 Å². The molecule has 0 aliphatic heterocycles. The zero-order valence-corrected chi connectivity index (χ0v) is 11.0. The number of ether oxygens (including phenoxy) is 1. The fourth-order valence-electron chi connectivity index (χ4n) is 2.59. The lowest BCUT2D eigenvalue weighted by Gasteiger charge is -2.29. The van der Waals surface area contributed by atoms with E-state index in [4.69, 9.17) is 16.2 Å². The smallest absolute Gasteiger partial charge is 0.313 e. The lowest BCUT2D eigenvalue weighted by molar-refractivity contribution is -0.153. The number of halogens is 1. The van der Waals surface area contributed by atoms with E-state index in [2.05, 4.69) is 0 Å². The number of methoxy groups -OCH3 is 1. The maximum atomic E-state index is 13.5. The van der Waals surface area contributed by atoms with E-state index in [-0.39, 0.29) is 24.1 Å². The Kier molecular flexibility index (Phi) is 3.75. The molecular weight excluding hydrogens is 247 g/mol. The standard InChI is InChI=1S/C14H19FN2O2/c1-19-13(18)14(8-16,10-3-4-10)7-9-2-5-12(17)11(15)6-9/h2,5-6,10H,3-4,7-8,16-17H2,1H3. The lowest BCUT2D eigenvalue weighted by Crippen LogP contribution is -2.43. The van der Waals surface area contributed by atoms with Gasteiger partial charge in [0, 0.05) is 6.54 Å². The minimum Gasteiger partial charge on any atom is -0.469 e. The number of nitrogens with two attached hydrogens (primary N) is 2. The van der Waals surface area contributed by atoms with E-state index in [0.29, 0.717) is 6.42 Å². The van der Waals surface area contributed by atoms with Crippen molar-refractivity contribution in [2.75, 3.05) is 19.4 Å². The molecule has 0 saturated heterocycles. The van der Waals surface area contributed by atoms with E-state index in [1.165, 1.54) is 19.2 Å². The monoisotopic (exact) mass is 266 g/mol. The molecular formula is C14H19FN2O2. The van der Waals surface area contributed by atoms with Gasteiger partial charge in [-0.15, -0.1) is 0 Å². The molecule has 0 amide bonds. The number of anilines is 1. The number of carbonyl (C=O) groups excluding carboxylic acids is 1. The molecule has 1 aliphatic rings. The van der Waals surface area contributed by atoms with E-state index in [1.54, 1.807) is 6.07 Å². The fraction of sp³-hybridized carbons (Fsp3) is 0.500. The normalized spacial score (nSPS) is 17.8. The zero-order valence-electron chi connectivity index (χ0n) is 11.0. The summed E-state index contributed by atoms with van der Waals surface area (Å²) in [7, 11) is 1.36. The average molecular weight is 266 g/mol. The first-order valence-electron chi connectivity index (χ1n) is 6.36. The van der Waals surface area contributed by atoms with Crippen molar-refractivity contribution in [3.05, 3.63) is 29.6 Å². The Hall–Kier alpha value is -1.62. The Labute approximate surface area is 111 Å². The number of carbonyl (C=O) groups is 1. The molecule has 1 aromatic rings. The van der Waals surface area contributed by atoms with Gasteiger partial charge in [-0.05, 0) is 42.9 Å². The summed E-state index contributed by atoms with van der Waals surface area (Å²) in [5.74, 6) is -0.551. The van der Waals surface area contributed by atoms with Gasteiger partial charge in [0.1, 0.15) is 5.82 Å².